The third kappa shape index (κ3) is 8.42. The molecule has 2 aliphatic heterocycles. The highest BCUT2D eigenvalue weighted by atomic mass is 33.1. The van der Waals surface area contributed by atoms with Crippen molar-refractivity contribution in [2.24, 2.45) is 23.3 Å². The van der Waals surface area contributed by atoms with E-state index in [0.717, 1.165) is 57.8 Å². The molecule has 0 radical (unpaired) electrons. The zero-order valence-electron chi connectivity index (χ0n) is 34.7. The third-order valence-corrected chi connectivity index (χ3v) is 14.7. The average molecular weight is 829 g/mol. The van der Waals surface area contributed by atoms with Gasteiger partial charge in [0.05, 0.1) is 35.6 Å². The van der Waals surface area contributed by atoms with Crippen molar-refractivity contribution in [3.05, 3.63) is 109 Å². The molecule has 59 heavy (non-hydrogen) atoms. The SMILES string of the molecule is CC(C)CC1c2nc(-c3cccc4ccccc34)cn2CCN1C(=O)C(N)CSSC(C)C(N)C(=O)N1CCn2cc(-c3cccc4ccccc34)nc2C1CC(C)C. The molecule has 2 aromatic heterocycles. The molecule has 0 spiro atoms. The number of aromatic nitrogens is 4. The first-order chi connectivity index (χ1) is 28.5. The molecule has 0 bridgehead atoms. The molecule has 0 saturated carbocycles. The molecule has 0 aliphatic carbocycles. The lowest BCUT2D eigenvalue weighted by atomic mass is 9.99. The van der Waals surface area contributed by atoms with Crippen LogP contribution in [-0.4, -0.2) is 76.9 Å². The molecule has 5 atom stereocenters. The molecule has 5 unspecified atom stereocenters. The first-order valence-electron chi connectivity index (χ1n) is 21.0. The Morgan fingerprint density at radius 2 is 1.10 bits per heavy atom. The van der Waals surface area contributed by atoms with Crippen molar-refractivity contribution in [2.45, 2.75) is 90.0 Å². The van der Waals surface area contributed by atoms with Crippen molar-refractivity contribution < 1.29 is 9.59 Å². The Morgan fingerprint density at radius 3 is 1.59 bits per heavy atom. The minimum absolute atomic E-state index is 0.0686. The lowest BCUT2D eigenvalue weighted by Crippen LogP contribution is -2.52. The Morgan fingerprint density at radius 1 is 0.644 bits per heavy atom. The van der Waals surface area contributed by atoms with Crippen molar-refractivity contribution >= 4 is 54.9 Å². The van der Waals surface area contributed by atoms with Gasteiger partial charge >= 0.3 is 0 Å². The summed E-state index contributed by atoms with van der Waals surface area (Å²) in [7, 11) is 3.05. The summed E-state index contributed by atoms with van der Waals surface area (Å²) in [6.07, 6.45) is 5.85. The third-order valence-electron chi connectivity index (χ3n) is 11.8. The molecule has 12 heteroatoms. The number of rotatable bonds is 13. The van der Waals surface area contributed by atoms with Crippen LogP contribution in [0.2, 0.25) is 0 Å². The summed E-state index contributed by atoms with van der Waals surface area (Å²) in [4.78, 5) is 42.6. The molecular formula is C47H56N8O2S2. The van der Waals surface area contributed by atoms with E-state index in [9.17, 15) is 9.59 Å². The maximum absolute atomic E-state index is 14.2. The maximum Gasteiger partial charge on any atom is 0.241 e. The highest BCUT2D eigenvalue weighted by molar-refractivity contribution is 8.77. The second kappa shape index (κ2) is 17.5. The average Bonchev–Trinajstić information content (AvgIpc) is 3.88. The van der Waals surface area contributed by atoms with E-state index in [1.807, 2.05) is 16.7 Å². The molecule has 0 saturated heterocycles. The fourth-order valence-electron chi connectivity index (χ4n) is 8.77. The van der Waals surface area contributed by atoms with E-state index in [1.54, 1.807) is 0 Å². The van der Waals surface area contributed by atoms with Gasteiger partial charge in [-0.2, -0.15) is 0 Å². The standard InChI is InChI=1S/C47H56N8O2S2/c1-29(2)24-41-44-50-39(36-18-10-14-32-12-6-8-16-34(32)36)26-52(44)20-22-54(41)46(56)38(48)28-58-59-31(5)43(49)47(57)55-23-21-53-27-40(51-45(53)42(55)25-30(3)4)37-19-11-15-33-13-7-9-17-35(33)37/h6-19,26-27,29-31,38,41-43H,20-25,28,48-49H2,1-5H3. The van der Waals surface area contributed by atoms with Crippen LogP contribution in [0.3, 0.4) is 0 Å². The molecule has 0 fully saturated rings. The molecule has 2 aliphatic rings. The molecule has 2 amide bonds. The van der Waals surface area contributed by atoms with E-state index in [1.165, 1.54) is 32.4 Å². The van der Waals surface area contributed by atoms with Gasteiger partial charge in [-0.1, -0.05) is 141 Å². The minimum atomic E-state index is -0.722. The van der Waals surface area contributed by atoms with E-state index in [4.69, 9.17) is 21.4 Å². The highest BCUT2D eigenvalue weighted by Crippen LogP contribution is 2.38. The van der Waals surface area contributed by atoms with Gasteiger partial charge in [0.15, 0.2) is 0 Å². The van der Waals surface area contributed by atoms with Gasteiger partial charge in [-0.3, -0.25) is 9.59 Å². The zero-order chi connectivity index (χ0) is 41.4. The smallest absolute Gasteiger partial charge is 0.241 e. The normalized spacial score (nSPS) is 18.3. The van der Waals surface area contributed by atoms with Crippen molar-refractivity contribution in [1.29, 1.82) is 0 Å². The van der Waals surface area contributed by atoms with Crippen LogP contribution < -0.4 is 11.5 Å². The number of amides is 2. The summed E-state index contributed by atoms with van der Waals surface area (Å²) < 4.78 is 4.44. The summed E-state index contributed by atoms with van der Waals surface area (Å²) >= 11 is 0. The topological polar surface area (TPSA) is 128 Å². The van der Waals surface area contributed by atoms with Crippen LogP contribution in [0.15, 0.2) is 97.3 Å². The lowest BCUT2D eigenvalue weighted by molar-refractivity contribution is -0.137. The van der Waals surface area contributed by atoms with E-state index < -0.39 is 12.1 Å². The summed E-state index contributed by atoms with van der Waals surface area (Å²) in [5.41, 5.74) is 17.5. The van der Waals surface area contributed by atoms with E-state index in [2.05, 4.69) is 134 Å². The van der Waals surface area contributed by atoms with Crippen LogP contribution in [0.4, 0.5) is 0 Å². The molecule has 4 heterocycles. The van der Waals surface area contributed by atoms with Gasteiger partial charge in [0.25, 0.3) is 0 Å². The molecule has 10 nitrogen and oxygen atoms in total. The van der Waals surface area contributed by atoms with Gasteiger partial charge in [0.1, 0.15) is 11.6 Å². The summed E-state index contributed by atoms with van der Waals surface area (Å²) in [6.45, 7) is 13.2. The molecule has 6 aromatic rings. The number of carbonyl (C=O) groups is 2. The van der Waals surface area contributed by atoms with Crippen LogP contribution in [0.25, 0.3) is 44.1 Å². The molecule has 308 valence electrons. The van der Waals surface area contributed by atoms with Gasteiger partial charge in [0.2, 0.25) is 11.8 Å². The molecule has 4 aromatic carbocycles. The van der Waals surface area contributed by atoms with Gasteiger partial charge in [-0.15, -0.1) is 0 Å². The number of nitrogens with two attached hydrogens (primary N) is 2. The highest BCUT2D eigenvalue weighted by Gasteiger charge is 2.38. The van der Waals surface area contributed by atoms with E-state index >= 15 is 0 Å². The summed E-state index contributed by atoms with van der Waals surface area (Å²) in [5, 5.41) is 4.47. The fraction of sp³-hybridized carbons (Fsp3) is 0.404. The van der Waals surface area contributed by atoms with Crippen LogP contribution in [-0.2, 0) is 22.7 Å². The van der Waals surface area contributed by atoms with Crippen LogP contribution >= 0.6 is 21.6 Å². The molecule has 8 rings (SSSR count). The predicted molar refractivity (Wildman–Crippen MR) is 244 cm³/mol. The number of hydrogen-bond donors (Lipinski definition) is 2. The van der Waals surface area contributed by atoms with Crippen LogP contribution in [0.1, 0.15) is 71.2 Å². The first kappa shape index (κ1) is 41.1. The van der Waals surface area contributed by atoms with Gasteiger partial charge in [-0.05, 0) is 46.2 Å². The second-order valence-electron chi connectivity index (χ2n) is 17.0. The first-order valence-corrected chi connectivity index (χ1v) is 23.4. The van der Waals surface area contributed by atoms with Crippen molar-refractivity contribution in [1.82, 2.24) is 28.9 Å². The minimum Gasteiger partial charge on any atom is -0.331 e. The van der Waals surface area contributed by atoms with Gasteiger partial charge < -0.3 is 30.4 Å². The summed E-state index contributed by atoms with van der Waals surface area (Å²) in [5.74, 6) is 2.79. The lowest BCUT2D eigenvalue weighted by Gasteiger charge is -2.39. The largest absolute Gasteiger partial charge is 0.331 e. The van der Waals surface area contributed by atoms with Crippen LogP contribution in [0, 0.1) is 11.8 Å². The van der Waals surface area contributed by atoms with Crippen LogP contribution in [0.5, 0.6) is 0 Å². The van der Waals surface area contributed by atoms with Crippen molar-refractivity contribution in [3.8, 4) is 22.5 Å². The fourth-order valence-corrected chi connectivity index (χ4v) is 11.3. The quantitative estimate of drug-likeness (QED) is 0.111. The van der Waals surface area contributed by atoms with E-state index in [0.29, 0.717) is 43.8 Å². The Kier molecular flexibility index (Phi) is 12.2. The number of benzene rings is 4. The number of fused-ring (bicyclic) bond motifs is 4. The van der Waals surface area contributed by atoms with Gasteiger partial charge in [0, 0.05) is 60.7 Å². The predicted octanol–water partition coefficient (Wildman–Crippen LogP) is 8.70. The number of imidazole rings is 2. The Labute approximate surface area is 355 Å². The second-order valence-corrected chi connectivity index (χ2v) is 19.8. The van der Waals surface area contributed by atoms with Crippen molar-refractivity contribution in [3.63, 3.8) is 0 Å². The van der Waals surface area contributed by atoms with Crippen molar-refractivity contribution in [2.75, 3.05) is 18.8 Å². The summed E-state index contributed by atoms with van der Waals surface area (Å²) in [6, 6.07) is 27.6. The Bertz CT molecular complexity index is 2450. The Balaban J connectivity index is 0.915. The zero-order valence-corrected chi connectivity index (χ0v) is 36.3. The Hall–Kier alpha value is -4.62. The number of carbonyl (C=O) groups excluding carboxylic acids is 2. The number of nitrogens with zero attached hydrogens (tertiary/aromatic N) is 6. The number of hydrogen-bond acceptors (Lipinski definition) is 8. The maximum atomic E-state index is 14.2. The van der Waals surface area contributed by atoms with E-state index in [-0.39, 0.29) is 29.1 Å². The van der Waals surface area contributed by atoms with Gasteiger partial charge in [-0.25, -0.2) is 9.97 Å². The molecular weight excluding hydrogens is 773 g/mol. The molecule has 4 N–H and O–H groups in total. The monoisotopic (exact) mass is 828 g/mol.